The number of rotatable bonds is 6. The lowest BCUT2D eigenvalue weighted by atomic mass is 10.2. The third kappa shape index (κ3) is 5.00. The monoisotopic (exact) mass is 380 g/mol. The summed E-state index contributed by atoms with van der Waals surface area (Å²) in [5, 5.41) is 6.60. The summed E-state index contributed by atoms with van der Waals surface area (Å²) in [6.07, 6.45) is 1.59. The zero-order valence-electron chi connectivity index (χ0n) is 16.8. The van der Waals surface area contributed by atoms with Gasteiger partial charge in [-0.1, -0.05) is 18.2 Å². The number of aliphatic imine (C=N–C) groups is 1. The minimum Gasteiger partial charge on any atom is -0.363 e. The molecule has 0 unspecified atom stereocenters. The topological polar surface area (TPSA) is 72.9 Å². The lowest BCUT2D eigenvalue weighted by Crippen LogP contribution is -2.36. The average molecular weight is 380 g/mol. The molecule has 7 heteroatoms. The molecule has 0 spiro atoms. The van der Waals surface area contributed by atoms with Crippen LogP contribution in [-0.4, -0.2) is 44.5 Å². The summed E-state index contributed by atoms with van der Waals surface area (Å²) in [6.45, 7) is 2.06. The van der Waals surface area contributed by atoms with Crippen molar-refractivity contribution < 1.29 is 4.79 Å². The summed E-state index contributed by atoms with van der Waals surface area (Å²) in [4.78, 5) is 24.5. The predicted octanol–water partition coefficient (Wildman–Crippen LogP) is 2.14. The number of nitrogens with one attached hydrogen (secondary N) is 2. The first-order chi connectivity index (χ1) is 13.6. The van der Waals surface area contributed by atoms with Crippen LogP contribution in [0.4, 0.5) is 11.5 Å². The normalized spacial score (nSPS) is 14.3. The van der Waals surface area contributed by atoms with Crippen LogP contribution in [0.2, 0.25) is 0 Å². The molecule has 1 aromatic carbocycles. The van der Waals surface area contributed by atoms with Crippen LogP contribution in [0, 0.1) is 0 Å². The molecule has 2 aromatic rings. The van der Waals surface area contributed by atoms with Gasteiger partial charge < -0.3 is 20.4 Å². The third-order valence-corrected chi connectivity index (χ3v) is 4.69. The van der Waals surface area contributed by atoms with E-state index in [1.54, 1.807) is 7.05 Å². The van der Waals surface area contributed by atoms with E-state index in [-0.39, 0.29) is 5.91 Å². The molecule has 1 aliphatic rings. The predicted molar refractivity (Wildman–Crippen MR) is 114 cm³/mol. The number of guanidine groups is 1. The Morgan fingerprint density at radius 1 is 1.14 bits per heavy atom. The first kappa shape index (κ1) is 19.7. The Balaban J connectivity index is 1.51. The zero-order chi connectivity index (χ0) is 19.9. The van der Waals surface area contributed by atoms with Crippen molar-refractivity contribution in [1.29, 1.82) is 0 Å². The molecule has 7 nitrogen and oxygen atoms in total. The highest BCUT2D eigenvalue weighted by molar-refractivity contribution is 5.95. The van der Waals surface area contributed by atoms with Crippen LogP contribution in [0.15, 0.2) is 47.5 Å². The molecular weight excluding hydrogens is 352 g/mol. The molecule has 28 heavy (non-hydrogen) atoms. The summed E-state index contributed by atoms with van der Waals surface area (Å²) in [5.41, 5.74) is 3.06. The van der Waals surface area contributed by atoms with E-state index in [0.717, 1.165) is 41.7 Å². The van der Waals surface area contributed by atoms with E-state index >= 15 is 0 Å². The fraction of sp³-hybridized carbons (Fsp3) is 0.381. The van der Waals surface area contributed by atoms with Crippen molar-refractivity contribution in [3.05, 3.63) is 53.7 Å². The van der Waals surface area contributed by atoms with Crippen molar-refractivity contribution in [2.75, 3.05) is 37.5 Å². The number of hydrogen-bond acceptors (Lipinski definition) is 4. The van der Waals surface area contributed by atoms with Crippen LogP contribution in [0.25, 0.3) is 0 Å². The van der Waals surface area contributed by atoms with Crippen molar-refractivity contribution in [3.8, 4) is 0 Å². The third-order valence-electron chi connectivity index (χ3n) is 4.69. The van der Waals surface area contributed by atoms with Gasteiger partial charge in [-0.15, -0.1) is 0 Å². The second kappa shape index (κ2) is 9.21. The van der Waals surface area contributed by atoms with E-state index in [4.69, 9.17) is 0 Å². The number of benzene rings is 1. The quantitative estimate of drug-likeness (QED) is 0.593. The van der Waals surface area contributed by atoms with Gasteiger partial charge in [-0.05, 0) is 36.2 Å². The molecule has 1 amide bonds. The minimum absolute atomic E-state index is 0.211. The van der Waals surface area contributed by atoms with Gasteiger partial charge in [0, 0.05) is 46.3 Å². The van der Waals surface area contributed by atoms with Crippen LogP contribution in [0.3, 0.4) is 0 Å². The van der Waals surface area contributed by atoms with E-state index in [9.17, 15) is 4.79 Å². The number of nitrogens with zero attached hydrogens (tertiary/aromatic N) is 4. The highest BCUT2D eigenvalue weighted by atomic mass is 16.2. The summed E-state index contributed by atoms with van der Waals surface area (Å²) in [5.74, 6) is 1.86. The number of carbonyl (C=O) groups excluding carboxylic acids is 1. The number of hydrogen-bond donors (Lipinski definition) is 2. The standard InChI is InChI=1S/C21H28N6O/c1-22-21(24-15-17-6-4-7-19(25-17)26(2)3)23-14-16-9-11-18(12-10-16)27-13-5-8-20(27)28/h4,6-7,9-12H,5,8,13-15H2,1-3H3,(H2,22,23,24). The molecule has 0 aliphatic carbocycles. The van der Waals surface area contributed by atoms with E-state index in [1.165, 1.54) is 0 Å². The number of pyridine rings is 1. The Bertz CT molecular complexity index is 831. The largest absolute Gasteiger partial charge is 0.363 e. The molecule has 0 radical (unpaired) electrons. The molecule has 1 aliphatic heterocycles. The first-order valence-corrected chi connectivity index (χ1v) is 9.54. The van der Waals surface area contributed by atoms with Gasteiger partial charge >= 0.3 is 0 Å². The highest BCUT2D eigenvalue weighted by Crippen LogP contribution is 2.21. The van der Waals surface area contributed by atoms with Gasteiger partial charge in [0.05, 0.1) is 12.2 Å². The number of carbonyl (C=O) groups is 1. The van der Waals surface area contributed by atoms with Crippen molar-refractivity contribution in [2.24, 2.45) is 4.99 Å². The van der Waals surface area contributed by atoms with Crippen LogP contribution < -0.4 is 20.4 Å². The van der Waals surface area contributed by atoms with Gasteiger partial charge in [0.2, 0.25) is 5.91 Å². The minimum atomic E-state index is 0.211. The molecule has 0 saturated carbocycles. The summed E-state index contributed by atoms with van der Waals surface area (Å²) in [6, 6.07) is 14.1. The number of amides is 1. The average Bonchev–Trinajstić information content (AvgIpc) is 3.14. The second-order valence-corrected chi connectivity index (χ2v) is 6.98. The van der Waals surface area contributed by atoms with Crippen molar-refractivity contribution in [1.82, 2.24) is 15.6 Å². The van der Waals surface area contributed by atoms with E-state index in [0.29, 0.717) is 19.5 Å². The molecule has 0 bridgehead atoms. The van der Waals surface area contributed by atoms with E-state index in [1.807, 2.05) is 66.4 Å². The number of aromatic nitrogens is 1. The molecule has 1 saturated heterocycles. The van der Waals surface area contributed by atoms with E-state index < -0.39 is 0 Å². The van der Waals surface area contributed by atoms with Gasteiger partial charge in [0.25, 0.3) is 0 Å². The molecule has 0 atom stereocenters. The second-order valence-electron chi connectivity index (χ2n) is 6.98. The molecule has 3 rings (SSSR count). The maximum atomic E-state index is 11.8. The Hall–Kier alpha value is -3.09. The maximum absolute atomic E-state index is 11.8. The summed E-state index contributed by atoms with van der Waals surface area (Å²) in [7, 11) is 5.71. The maximum Gasteiger partial charge on any atom is 0.227 e. The lowest BCUT2D eigenvalue weighted by molar-refractivity contribution is -0.117. The zero-order valence-corrected chi connectivity index (χ0v) is 16.8. The SMILES string of the molecule is CN=C(NCc1ccc(N2CCCC2=O)cc1)NCc1cccc(N(C)C)n1. The molecule has 1 aromatic heterocycles. The Morgan fingerprint density at radius 2 is 1.89 bits per heavy atom. The van der Waals surface area contributed by atoms with Gasteiger partial charge in [-0.3, -0.25) is 9.79 Å². The van der Waals surface area contributed by atoms with Crippen molar-refractivity contribution in [2.45, 2.75) is 25.9 Å². The van der Waals surface area contributed by atoms with E-state index in [2.05, 4.69) is 20.6 Å². The summed E-state index contributed by atoms with van der Waals surface area (Å²) < 4.78 is 0. The Labute approximate surface area is 166 Å². The van der Waals surface area contributed by atoms with Crippen molar-refractivity contribution in [3.63, 3.8) is 0 Å². The molecule has 2 N–H and O–H groups in total. The van der Waals surface area contributed by atoms with Crippen LogP contribution in [0.1, 0.15) is 24.1 Å². The Morgan fingerprint density at radius 3 is 2.54 bits per heavy atom. The fourth-order valence-corrected chi connectivity index (χ4v) is 3.11. The number of anilines is 2. The summed E-state index contributed by atoms with van der Waals surface area (Å²) >= 11 is 0. The van der Waals surface area contributed by atoms with Crippen LogP contribution in [-0.2, 0) is 17.9 Å². The molecule has 148 valence electrons. The van der Waals surface area contributed by atoms with Crippen molar-refractivity contribution >= 4 is 23.4 Å². The smallest absolute Gasteiger partial charge is 0.227 e. The van der Waals surface area contributed by atoms with Crippen LogP contribution >= 0.6 is 0 Å². The van der Waals surface area contributed by atoms with Gasteiger partial charge in [0.15, 0.2) is 5.96 Å². The van der Waals surface area contributed by atoms with Crippen LogP contribution in [0.5, 0.6) is 0 Å². The molecular formula is C21H28N6O. The molecule has 2 heterocycles. The molecule has 1 fully saturated rings. The van der Waals surface area contributed by atoms with Gasteiger partial charge in [-0.25, -0.2) is 4.98 Å². The highest BCUT2D eigenvalue weighted by Gasteiger charge is 2.21. The van der Waals surface area contributed by atoms with Gasteiger partial charge in [-0.2, -0.15) is 0 Å². The fourth-order valence-electron chi connectivity index (χ4n) is 3.11. The Kier molecular flexibility index (Phi) is 6.47. The lowest BCUT2D eigenvalue weighted by Gasteiger charge is -2.16. The van der Waals surface area contributed by atoms with Gasteiger partial charge in [0.1, 0.15) is 5.82 Å². The first-order valence-electron chi connectivity index (χ1n) is 9.54.